The van der Waals surface area contributed by atoms with Gasteiger partial charge in [0.15, 0.2) is 0 Å². The first kappa shape index (κ1) is 18.5. The highest BCUT2D eigenvalue weighted by molar-refractivity contribution is 5.94. The maximum atomic E-state index is 13.7. The van der Waals surface area contributed by atoms with Crippen LogP contribution in [0.1, 0.15) is 32.6 Å². The van der Waals surface area contributed by atoms with E-state index in [1.54, 1.807) is 0 Å². The summed E-state index contributed by atoms with van der Waals surface area (Å²) in [5.74, 6) is -3.57. The normalized spacial score (nSPS) is 26.8. The van der Waals surface area contributed by atoms with Crippen LogP contribution in [0.2, 0.25) is 0 Å². The SMILES string of the molecule is CC[C@H](NC(=O)[C@@H]1C[C@@H](F)CN1C(=O)C1(C(F)(F)F)CC1)C(=O)O. The fourth-order valence-corrected chi connectivity index (χ4v) is 2.88. The predicted octanol–water partition coefficient (Wildman–Crippen LogP) is 1.25. The standard InChI is InChI=1S/C14H18F4N2O4/c1-2-8(11(22)23)19-10(21)9-5-7(15)6-20(9)12(24)13(3-4-13)14(16,17)18/h7-9H,2-6H2,1H3,(H,19,21)(H,22,23)/t7-,8+,9+/m1/s1. The lowest BCUT2D eigenvalue weighted by Gasteiger charge is -2.29. The zero-order chi connectivity index (χ0) is 18.3. The lowest BCUT2D eigenvalue weighted by Crippen LogP contribution is -2.53. The van der Waals surface area contributed by atoms with Crippen molar-refractivity contribution in [1.82, 2.24) is 10.2 Å². The first-order valence-electron chi connectivity index (χ1n) is 7.58. The van der Waals surface area contributed by atoms with Gasteiger partial charge in [0.05, 0.1) is 6.54 Å². The van der Waals surface area contributed by atoms with E-state index >= 15 is 0 Å². The van der Waals surface area contributed by atoms with Crippen LogP contribution in [0, 0.1) is 5.41 Å². The highest BCUT2D eigenvalue weighted by Crippen LogP contribution is 2.59. The molecule has 1 aliphatic heterocycles. The Kier molecular flexibility index (Phi) is 4.78. The molecule has 1 saturated carbocycles. The molecule has 0 aromatic heterocycles. The number of hydrogen-bond donors (Lipinski definition) is 2. The number of nitrogens with zero attached hydrogens (tertiary/aromatic N) is 1. The van der Waals surface area contributed by atoms with Gasteiger partial charge in [0, 0.05) is 6.42 Å². The van der Waals surface area contributed by atoms with Gasteiger partial charge in [-0.25, -0.2) is 9.18 Å². The number of likely N-dealkylation sites (tertiary alicyclic amines) is 1. The Bertz CT molecular complexity index is 547. The van der Waals surface area contributed by atoms with Gasteiger partial charge in [-0.1, -0.05) is 6.92 Å². The molecule has 2 N–H and O–H groups in total. The van der Waals surface area contributed by atoms with Crippen molar-refractivity contribution >= 4 is 17.8 Å². The van der Waals surface area contributed by atoms with Gasteiger partial charge in [0.2, 0.25) is 11.8 Å². The number of rotatable bonds is 5. The number of aliphatic carboxylic acids is 1. The van der Waals surface area contributed by atoms with E-state index in [0.29, 0.717) is 4.90 Å². The number of halogens is 4. The largest absolute Gasteiger partial charge is 0.480 e. The van der Waals surface area contributed by atoms with E-state index < -0.39 is 60.6 Å². The number of amides is 2. The van der Waals surface area contributed by atoms with Crippen molar-refractivity contribution in [1.29, 1.82) is 0 Å². The number of carboxylic acids is 1. The van der Waals surface area contributed by atoms with Crippen LogP contribution in [0.5, 0.6) is 0 Å². The quantitative estimate of drug-likeness (QED) is 0.728. The van der Waals surface area contributed by atoms with Crippen LogP contribution >= 0.6 is 0 Å². The molecule has 0 aromatic rings. The van der Waals surface area contributed by atoms with Crippen molar-refractivity contribution in [3.05, 3.63) is 0 Å². The lowest BCUT2D eigenvalue weighted by atomic mass is 10.0. The molecule has 1 saturated heterocycles. The molecule has 2 amide bonds. The van der Waals surface area contributed by atoms with Crippen molar-refractivity contribution in [3.8, 4) is 0 Å². The van der Waals surface area contributed by atoms with Crippen molar-refractivity contribution in [2.24, 2.45) is 5.41 Å². The number of nitrogens with one attached hydrogen (secondary N) is 1. The van der Waals surface area contributed by atoms with Crippen LogP contribution in [0.4, 0.5) is 17.6 Å². The average Bonchev–Trinajstić information content (AvgIpc) is 3.21. The van der Waals surface area contributed by atoms with Crippen molar-refractivity contribution < 1.29 is 37.1 Å². The Morgan fingerprint density at radius 1 is 1.33 bits per heavy atom. The second-order valence-corrected chi connectivity index (χ2v) is 6.19. The number of hydrogen-bond acceptors (Lipinski definition) is 3. The van der Waals surface area contributed by atoms with Gasteiger partial charge in [-0.2, -0.15) is 13.2 Å². The smallest absolute Gasteiger partial charge is 0.403 e. The minimum atomic E-state index is -4.76. The highest BCUT2D eigenvalue weighted by atomic mass is 19.4. The number of carboxylic acid groups (broad SMARTS) is 1. The van der Waals surface area contributed by atoms with Crippen molar-refractivity contribution in [2.75, 3.05) is 6.54 Å². The molecule has 136 valence electrons. The monoisotopic (exact) mass is 354 g/mol. The Hall–Kier alpha value is -1.87. The summed E-state index contributed by atoms with van der Waals surface area (Å²) in [5, 5.41) is 11.1. The summed E-state index contributed by atoms with van der Waals surface area (Å²) in [4.78, 5) is 36.0. The molecule has 0 unspecified atom stereocenters. The van der Waals surface area contributed by atoms with Gasteiger partial charge in [-0.05, 0) is 19.3 Å². The van der Waals surface area contributed by atoms with Crippen LogP contribution in [0.3, 0.4) is 0 Å². The number of carbonyl (C=O) groups is 3. The van der Waals surface area contributed by atoms with Gasteiger partial charge in [0.1, 0.15) is 23.7 Å². The Labute approximate surface area is 135 Å². The molecule has 1 aliphatic carbocycles. The van der Waals surface area contributed by atoms with Crippen LogP contribution < -0.4 is 5.32 Å². The maximum Gasteiger partial charge on any atom is 0.403 e. The summed E-state index contributed by atoms with van der Waals surface area (Å²) in [5.41, 5.74) is -2.54. The molecule has 10 heteroatoms. The van der Waals surface area contributed by atoms with E-state index in [1.807, 2.05) is 0 Å². The minimum Gasteiger partial charge on any atom is -0.480 e. The summed E-state index contributed by atoms with van der Waals surface area (Å²) in [6.07, 6.45) is -7.55. The zero-order valence-electron chi connectivity index (χ0n) is 12.9. The first-order chi connectivity index (χ1) is 11.0. The summed E-state index contributed by atoms with van der Waals surface area (Å²) in [7, 11) is 0. The second kappa shape index (κ2) is 6.21. The summed E-state index contributed by atoms with van der Waals surface area (Å²) < 4.78 is 52.9. The lowest BCUT2D eigenvalue weighted by molar-refractivity contribution is -0.199. The van der Waals surface area contributed by atoms with E-state index in [9.17, 15) is 31.9 Å². The van der Waals surface area contributed by atoms with Crippen LogP contribution in [0.15, 0.2) is 0 Å². The first-order valence-corrected chi connectivity index (χ1v) is 7.58. The molecule has 2 aliphatic rings. The summed E-state index contributed by atoms with van der Waals surface area (Å²) >= 11 is 0. The molecule has 24 heavy (non-hydrogen) atoms. The molecule has 2 rings (SSSR count). The third-order valence-corrected chi connectivity index (χ3v) is 4.54. The minimum absolute atomic E-state index is 0.0489. The Morgan fingerprint density at radius 3 is 2.33 bits per heavy atom. The van der Waals surface area contributed by atoms with Gasteiger partial charge < -0.3 is 15.3 Å². The van der Waals surface area contributed by atoms with E-state index in [-0.39, 0.29) is 19.3 Å². The third-order valence-electron chi connectivity index (χ3n) is 4.54. The molecule has 2 fully saturated rings. The fourth-order valence-electron chi connectivity index (χ4n) is 2.88. The zero-order valence-corrected chi connectivity index (χ0v) is 12.9. The van der Waals surface area contributed by atoms with Gasteiger partial charge >= 0.3 is 12.1 Å². The van der Waals surface area contributed by atoms with Crippen LogP contribution in [0.25, 0.3) is 0 Å². The molecular formula is C14H18F4N2O4. The molecule has 3 atom stereocenters. The van der Waals surface area contributed by atoms with E-state index in [4.69, 9.17) is 5.11 Å². The molecule has 0 radical (unpaired) electrons. The molecule has 1 heterocycles. The fraction of sp³-hybridized carbons (Fsp3) is 0.786. The molecular weight excluding hydrogens is 336 g/mol. The Morgan fingerprint density at radius 2 is 1.92 bits per heavy atom. The van der Waals surface area contributed by atoms with Crippen molar-refractivity contribution in [3.63, 3.8) is 0 Å². The summed E-state index contributed by atoms with van der Waals surface area (Å²) in [6, 6.07) is -2.67. The predicted molar refractivity (Wildman–Crippen MR) is 72.6 cm³/mol. The molecule has 6 nitrogen and oxygen atoms in total. The number of carbonyl (C=O) groups excluding carboxylic acids is 2. The van der Waals surface area contributed by atoms with E-state index in [0.717, 1.165) is 0 Å². The van der Waals surface area contributed by atoms with Crippen LogP contribution in [-0.2, 0) is 14.4 Å². The van der Waals surface area contributed by atoms with Gasteiger partial charge in [-0.15, -0.1) is 0 Å². The third kappa shape index (κ3) is 3.18. The average molecular weight is 354 g/mol. The van der Waals surface area contributed by atoms with Gasteiger partial charge in [-0.3, -0.25) is 9.59 Å². The van der Waals surface area contributed by atoms with Crippen LogP contribution in [-0.4, -0.2) is 58.8 Å². The summed E-state index contributed by atoms with van der Waals surface area (Å²) in [6.45, 7) is 0.899. The highest BCUT2D eigenvalue weighted by Gasteiger charge is 2.70. The maximum absolute atomic E-state index is 13.7. The van der Waals surface area contributed by atoms with E-state index in [2.05, 4.69) is 5.32 Å². The topological polar surface area (TPSA) is 86.7 Å². The molecule has 0 aromatic carbocycles. The van der Waals surface area contributed by atoms with Crippen molar-refractivity contribution in [2.45, 2.75) is 57.0 Å². The Balaban J connectivity index is 2.16. The molecule has 0 spiro atoms. The molecule has 0 bridgehead atoms. The van der Waals surface area contributed by atoms with Gasteiger partial charge in [0.25, 0.3) is 0 Å². The number of alkyl halides is 4. The second-order valence-electron chi connectivity index (χ2n) is 6.19. The van der Waals surface area contributed by atoms with E-state index in [1.165, 1.54) is 6.92 Å².